The number of carbonyl (C=O) groups excluding carboxylic acids is 2. The van der Waals surface area contributed by atoms with Crippen LogP contribution in [0.2, 0.25) is 0 Å². The number of aliphatic carboxylic acids is 2. The van der Waals surface area contributed by atoms with Crippen molar-refractivity contribution in [3.63, 3.8) is 0 Å². The van der Waals surface area contributed by atoms with Crippen LogP contribution in [0.25, 0.3) is 0 Å². The zero-order valence-electron chi connectivity index (χ0n) is 17.0. The molecule has 0 aromatic rings. The summed E-state index contributed by atoms with van der Waals surface area (Å²) < 4.78 is 0. The smallest absolute Gasteiger partial charge is 0.550 e. The monoisotopic (exact) mass is 405 g/mol. The van der Waals surface area contributed by atoms with Gasteiger partial charge in [-0.25, -0.2) is 0 Å². The molecule has 0 aliphatic carbocycles. The molecule has 0 saturated heterocycles. The Balaban J connectivity index is -0.000000372. The van der Waals surface area contributed by atoms with Crippen molar-refractivity contribution in [1.82, 2.24) is 0 Å². The van der Waals surface area contributed by atoms with E-state index in [0.29, 0.717) is 0 Å². The van der Waals surface area contributed by atoms with Crippen LogP contribution in [-0.4, -0.2) is 11.9 Å². The number of hydrogen-bond acceptors (Lipinski definition) is 4. The first-order valence-corrected chi connectivity index (χ1v) is 9.44. The second-order valence-electron chi connectivity index (χ2n) is 7.96. The molecule has 0 heterocycles. The molecule has 0 N–H and O–H groups in total. The molecule has 153 valence electrons. The summed E-state index contributed by atoms with van der Waals surface area (Å²) in [4.78, 5) is 21.1. The van der Waals surface area contributed by atoms with Crippen molar-refractivity contribution in [3.8, 4) is 0 Å². The minimum atomic E-state index is -0.931. The molecule has 4 nitrogen and oxygen atoms in total. The molecule has 0 aromatic heterocycles. The van der Waals surface area contributed by atoms with Crippen molar-refractivity contribution >= 4 is 11.9 Å². The standard InChI is InChI=1S/2C10H20O2.Cu/c2*1-4-5-6-7-8-10(2,3)9(11)12;/h2*4-8H2,1-3H3,(H,11,12);/q;;+2/p-2. The predicted molar refractivity (Wildman–Crippen MR) is 95.1 cm³/mol. The summed E-state index contributed by atoms with van der Waals surface area (Å²) in [6.45, 7) is 11.2. The predicted octanol–water partition coefficient (Wildman–Crippen LogP) is 3.46. The summed E-state index contributed by atoms with van der Waals surface area (Å²) in [5.74, 6) is -1.86. The van der Waals surface area contributed by atoms with E-state index in [-0.39, 0.29) is 17.1 Å². The summed E-state index contributed by atoms with van der Waals surface area (Å²) in [5.41, 5.74) is -1.29. The van der Waals surface area contributed by atoms with E-state index >= 15 is 0 Å². The maximum atomic E-state index is 10.6. The van der Waals surface area contributed by atoms with E-state index in [2.05, 4.69) is 13.8 Å². The van der Waals surface area contributed by atoms with Gasteiger partial charge in [0.2, 0.25) is 0 Å². The first-order valence-electron chi connectivity index (χ1n) is 9.44. The maximum Gasteiger partial charge on any atom is 2.00 e. The molecule has 0 atom stereocenters. The van der Waals surface area contributed by atoms with Crippen LogP contribution in [0, 0.1) is 10.8 Å². The maximum absolute atomic E-state index is 10.6. The molecule has 0 bridgehead atoms. The molecule has 25 heavy (non-hydrogen) atoms. The molecule has 0 aliphatic heterocycles. The number of carbonyl (C=O) groups is 2. The van der Waals surface area contributed by atoms with Crippen LogP contribution in [0.5, 0.6) is 0 Å². The van der Waals surface area contributed by atoms with E-state index in [0.717, 1.165) is 38.5 Å². The van der Waals surface area contributed by atoms with Crippen LogP contribution in [0.3, 0.4) is 0 Å². The number of carboxylic acids is 2. The Morgan fingerprint density at radius 3 is 1.12 bits per heavy atom. The third-order valence-corrected chi connectivity index (χ3v) is 4.42. The van der Waals surface area contributed by atoms with Crippen LogP contribution in [0.1, 0.15) is 106 Å². The van der Waals surface area contributed by atoms with Gasteiger partial charge in [0.25, 0.3) is 0 Å². The fraction of sp³-hybridized carbons (Fsp3) is 0.900. The molecular weight excluding hydrogens is 368 g/mol. The largest absolute Gasteiger partial charge is 2.00 e. The molecule has 0 rings (SSSR count). The van der Waals surface area contributed by atoms with Crippen molar-refractivity contribution in [2.45, 2.75) is 106 Å². The van der Waals surface area contributed by atoms with Gasteiger partial charge in [0.05, 0.1) is 0 Å². The number of carboxylic acid groups (broad SMARTS) is 2. The normalized spacial score (nSPS) is 11.1. The number of rotatable bonds is 12. The van der Waals surface area contributed by atoms with Crippen LogP contribution in [0.4, 0.5) is 0 Å². The molecule has 0 aromatic carbocycles. The van der Waals surface area contributed by atoms with Crippen molar-refractivity contribution in [3.05, 3.63) is 0 Å². The fourth-order valence-electron chi connectivity index (χ4n) is 2.19. The van der Waals surface area contributed by atoms with Crippen LogP contribution in [0.15, 0.2) is 0 Å². The minimum Gasteiger partial charge on any atom is -0.550 e. The van der Waals surface area contributed by atoms with Gasteiger partial charge in [-0.15, -0.1) is 0 Å². The van der Waals surface area contributed by atoms with Crippen LogP contribution >= 0.6 is 0 Å². The van der Waals surface area contributed by atoms with Gasteiger partial charge >= 0.3 is 17.1 Å². The Morgan fingerprint density at radius 1 is 0.640 bits per heavy atom. The molecule has 5 heteroatoms. The average Bonchev–Trinajstić information content (AvgIpc) is 2.48. The molecule has 0 unspecified atom stereocenters. The summed E-state index contributed by atoms with van der Waals surface area (Å²) in [7, 11) is 0. The van der Waals surface area contributed by atoms with E-state index in [1.54, 1.807) is 27.7 Å². The molecule has 0 saturated carbocycles. The Bertz CT molecular complexity index is 318. The van der Waals surface area contributed by atoms with Gasteiger partial charge in [0.15, 0.2) is 0 Å². The van der Waals surface area contributed by atoms with E-state index in [1.165, 1.54) is 25.7 Å². The van der Waals surface area contributed by atoms with Crippen molar-refractivity contribution in [2.24, 2.45) is 10.8 Å². The van der Waals surface area contributed by atoms with E-state index in [4.69, 9.17) is 0 Å². The second kappa shape index (κ2) is 15.7. The summed E-state index contributed by atoms with van der Waals surface area (Å²) in [6.07, 6.45) is 10.5. The van der Waals surface area contributed by atoms with Gasteiger partial charge in [-0.1, -0.05) is 92.9 Å². The van der Waals surface area contributed by atoms with Crippen molar-refractivity contribution in [2.75, 3.05) is 0 Å². The van der Waals surface area contributed by atoms with Gasteiger partial charge in [-0.05, 0) is 12.8 Å². The Morgan fingerprint density at radius 2 is 0.920 bits per heavy atom. The zero-order valence-corrected chi connectivity index (χ0v) is 17.9. The molecule has 1 radical (unpaired) electrons. The van der Waals surface area contributed by atoms with Crippen molar-refractivity contribution < 1.29 is 36.9 Å². The van der Waals surface area contributed by atoms with E-state index in [9.17, 15) is 19.8 Å². The third-order valence-electron chi connectivity index (χ3n) is 4.42. The third kappa shape index (κ3) is 16.7. The number of unbranched alkanes of at least 4 members (excludes halogenated alkanes) is 6. The van der Waals surface area contributed by atoms with E-state index < -0.39 is 22.8 Å². The number of hydrogen-bond donors (Lipinski definition) is 0. The topological polar surface area (TPSA) is 80.3 Å². The summed E-state index contributed by atoms with van der Waals surface area (Å²) >= 11 is 0. The van der Waals surface area contributed by atoms with Crippen LogP contribution in [-0.2, 0) is 26.7 Å². The van der Waals surface area contributed by atoms with Gasteiger partial charge < -0.3 is 19.8 Å². The Kier molecular flexibility index (Phi) is 18.4. The molecule has 0 spiro atoms. The van der Waals surface area contributed by atoms with Gasteiger partial charge in [0, 0.05) is 22.8 Å². The Labute approximate surface area is 165 Å². The van der Waals surface area contributed by atoms with Crippen molar-refractivity contribution in [1.29, 1.82) is 0 Å². The zero-order chi connectivity index (χ0) is 19.2. The minimum absolute atomic E-state index is 0. The molecule has 0 aliphatic rings. The quantitative estimate of drug-likeness (QED) is 0.367. The van der Waals surface area contributed by atoms with Gasteiger partial charge in [-0.2, -0.15) is 0 Å². The molecular formula is C20H38CuO4. The summed E-state index contributed by atoms with van der Waals surface area (Å²) in [5, 5.41) is 21.1. The van der Waals surface area contributed by atoms with Crippen LogP contribution < -0.4 is 10.2 Å². The first kappa shape index (κ1) is 29.2. The SMILES string of the molecule is CCCCCCC(C)(C)C(=O)[O-].CCCCCCC(C)(C)C(=O)[O-].[Cu+2]. The Hall–Kier alpha value is -0.541. The second-order valence-corrected chi connectivity index (χ2v) is 7.96. The first-order chi connectivity index (χ1) is 11.0. The molecule has 0 fully saturated rings. The fourth-order valence-corrected chi connectivity index (χ4v) is 2.19. The van der Waals surface area contributed by atoms with E-state index in [1.807, 2.05) is 0 Å². The summed E-state index contributed by atoms with van der Waals surface area (Å²) in [6, 6.07) is 0. The average molecular weight is 406 g/mol. The molecule has 0 amide bonds. The van der Waals surface area contributed by atoms with Gasteiger partial charge in [0.1, 0.15) is 0 Å². The van der Waals surface area contributed by atoms with Gasteiger partial charge in [-0.3, -0.25) is 0 Å².